The van der Waals surface area contributed by atoms with Crippen LogP contribution in [0.25, 0.3) is 0 Å². The summed E-state index contributed by atoms with van der Waals surface area (Å²) in [4.78, 5) is 42.6. The van der Waals surface area contributed by atoms with Crippen LogP contribution in [0.1, 0.15) is 28.6 Å². The first-order chi connectivity index (χ1) is 16.9. The molecule has 1 atom stereocenters. The number of hydrogen-bond donors (Lipinski definition) is 1. The molecule has 7 nitrogen and oxygen atoms in total. The van der Waals surface area contributed by atoms with Crippen LogP contribution in [0.2, 0.25) is 5.02 Å². The number of carbonyl (C=O) groups is 3. The van der Waals surface area contributed by atoms with E-state index in [2.05, 4.69) is 5.32 Å². The highest BCUT2D eigenvalue weighted by molar-refractivity contribution is 7.80. The van der Waals surface area contributed by atoms with E-state index >= 15 is 0 Å². The molecule has 2 heterocycles. The summed E-state index contributed by atoms with van der Waals surface area (Å²) in [6, 6.07) is 16.3. The second-order valence-electron chi connectivity index (χ2n) is 7.71. The number of thiophene rings is 1. The van der Waals surface area contributed by atoms with Crippen LogP contribution in [0.15, 0.2) is 66.0 Å². The van der Waals surface area contributed by atoms with Crippen LogP contribution in [0, 0.1) is 0 Å². The molecule has 1 aliphatic heterocycles. The molecule has 0 radical (unpaired) electrons. The van der Waals surface area contributed by atoms with Crippen molar-refractivity contribution in [2.75, 3.05) is 16.8 Å². The molecule has 180 valence electrons. The molecule has 0 bridgehead atoms. The van der Waals surface area contributed by atoms with Gasteiger partial charge in [-0.1, -0.05) is 17.7 Å². The maximum atomic E-state index is 13.5. The predicted octanol–water partition coefficient (Wildman–Crippen LogP) is 5.11. The van der Waals surface area contributed by atoms with Crippen LogP contribution in [0.5, 0.6) is 0 Å². The Labute approximate surface area is 217 Å². The van der Waals surface area contributed by atoms with Crippen molar-refractivity contribution in [1.82, 2.24) is 4.90 Å². The van der Waals surface area contributed by atoms with E-state index in [9.17, 15) is 14.4 Å². The lowest BCUT2D eigenvalue weighted by atomic mass is 10.1. The highest BCUT2D eigenvalue weighted by atomic mass is 35.5. The second-order valence-corrected chi connectivity index (χ2v) is 9.54. The number of hydrogen-bond acceptors (Lipinski definition) is 6. The van der Waals surface area contributed by atoms with Crippen molar-refractivity contribution >= 4 is 69.4 Å². The Balaban J connectivity index is 1.56. The summed E-state index contributed by atoms with van der Waals surface area (Å²) < 4.78 is 5.02. The van der Waals surface area contributed by atoms with Gasteiger partial charge in [0.05, 0.1) is 30.8 Å². The van der Waals surface area contributed by atoms with Gasteiger partial charge in [0.1, 0.15) is 6.04 Å². The number of carbonyl (C=O) groups excluding carboxylic acids is 3. The van der Waals surface area contributed by atoms with Crippen molar-refractivity contribution in [2.45, 2.75) is 25.9 Å². The van der Waals surface area contributed by atoms with E-state index in [1.807, 2.05) is 17.5 Å². The van der Waals surface area contributed by atoms with Crippen molar-refractivity contribution in [2.24, 2.45) is 0 Å². The van der Waals surface area contributed by atoms with E-state index in [0.29, 0.717) is 33.6 Å². The third-order valence-corrected chi connectivity index (χ3v) is 6.90. The number of nitrogens with one attached hydrogen (secondary N) is 1. The van der Waals surface area contributed by atoms with E-state index in [1.165, 1.54) is 4.90 Å². The molecule has 2 aromatic carbocycles. The molecule has 35 heavy (non-hydrogen) atoms. The first-order valence-corrected chi connectivity index (χ1v) is 12.5. The van der Waals surface area contributed by atoms with Crippen molar-refractivity contribution in [3.05, 3.63) is 81.5 Å². The van der Waals surface area contributed by atoms with Crippen LogP contribution in [0.3, 0.4) is 0 Å². The molecule has 4 rings (SSSR count). The van der Waals surface area contributed by atoms with E-state index in [4.69, 9.17) is 28.6 Å². The maximum absolute atomic E-state index is 13.5. The normalized spacial score (nSPS) is 15.4. The number of amides is 2. The summed E-state index contributed by atoms with van der Waals surface area (Å²) in [5.74, 6) is -1.06. The van der Waals surface area contributed by atoms with Gasteiger partial charge in [0, 0.05) is 15.6 Å². The van der Waals surface area contributed by atoms with Crippen LogP contribution in [-0.4, -0.2) is 40.4 Å². The highest BCUT2D eigenvalue weighted by Crippen LogP contribution is 2.30. The molecule has 0 aliphatic carbocycles. The summed E-state index contributed by atoms with van der Waals surface area (Å²) in [5, 5.41) is 5.62. The highest BCUT2D eigenvalue weighted by Gasteiger charge is 2.44. The summed E-state index contributed by atoms with van der Waals surface area (Å²) >= 11 is 13.2. The fraction of sp³-hybridized carbons (Fsp3) is 0.200. The minimum Gasteiger partial charge on any atom is -0.462 e. The predicted molar refractivity (Wildman–Crippen MR) is 141 cm³/mol. The first-order valence-electron chi connectivity index (χ1n) is 10.9. The molecular weight excluding hydrogens is 506 g/mol. The number of benzene rings is 2. The largest absolute Gasteiger partial charge is 0.462 e. The van der Waals surface area contributed by atoms with Gasteiger partial charge in [-0.15, -0.1) is 11.3 Å². The zero-order valence-electron chi connectivity index (χ0n) is 18.8. The number of anilines is 2. The molecule has 1 N–H and O–H groups in total. The second kappa shape index (κ2) is 11.0. The van der Waals surface area contributed by atoms with Gasteiger partial charge in [-0.3, -0.25) is 14.5 Å². The molecular formula is C25H22ClN3O4S2. The lowest BCUT2D eigenvalue weighted by Crippen LogP contribution is -2.37. The van der Waals surface area contributed by atoms with Gasteiger partial charge < -0.3 is 15.0 Å². The SMILES string of the molecule is CCOC(=O)c1ccc(N2C(=O)[C@H](CC(=O)Nc3ccc(Cl)cc3)N(Cc3cccs3)C2=S)cc1. The smallest absolute Gasteiger partial charge is 0.338 e. The molecule has 1 aliphatic rings. The number of rotatable bonds is 8. The van der Waals surface area contributed by atoms with E-state index in [-0.39, 0.29) is 24.8 Å². The standard InChI is InChI=1S/C25H22ClN3O4S2/c1-2-33-24(32)16-5-11-19(12-6-16)29-23(31)21(28(25(29)34)15-20-4-3-13-35-20)14-22(30)27-18-9-7-17(26)8-10-18/h3-13,21H,2,14-15H2,1H3,(H,27,30)/t21-/m0/s1. The van der Waals surface area contributed by atoms with Gasteiger partial charge >= 0.3 is 5.97 Å². The Bertz CT molecular complexity index is 1230. The van der Waals surface area contributed by atoms with Crippen LogP contribution in [0.4, 0.5) is 11.4 Å². The van der Waals surface area contributed by atoms with Crippen LogP contribution < -0.4 is 10.2 Å². The number of thiocarbonyl (C=S) groups is 1. The molecule has 3 aromatic rings. The quantitative estimate of drug-likeness (QED) is 0.324. The zero-order chi connectivity index (χ0) is 24.9. The number of nitrogens with zero attached hydrogens (tertiary/aromatic N) is 2. The molecule has 0 spiro atoms. The Hall–Kier alpha value is -3.27. The molecule has 0 saturated carbocycles. The average molecular weight is 528 g/mol. The van der Waals surface area contributed by atoms with Gasteiger partial charge in [-0.2, -0.15) is 0 Å². The summed E-state index contributed by atoms with van der Waals surface area (Å²) in [7, 11) is 0. The number of ether oxygens (including phenoxy) is 1. The molecule has 2 amide bonds. The number of halogens is 1. The minimum atomic E-state index is -0.776. The summed E-state index contributed by atoms with van der Waals surface area (Å²) in [6.45, 7) is 2.41. The van der Waals surface area contributed by atoms with E-state index < -0.39 is 12.0 Å². The maximum Gasteiger partial charge on any atom is 0.338 e. The number of esters is 1. The zero-order valence-corrected chi connectivity index (χ0v) is 21.2. The monoisotopic (exact) mass is 527 g/mol. The van der Waals surface area contributed by atoms with Crippen molar-refractivity contribution in [1.29, 1.82) is 0 Å². The molecule has 1 fully saturated rings. The van der Waals surface area contributed by atoms with Gasteiger partial charge in [0.2, 0.25) is 5.91 Å². The lowest BCUT2D eigenvalue weighted by molar-refractivity contribution is -0.124. The van der Waals surface area contributed by atoms with E-state index in [0.717, 1.165) is 4.88 Å². The minimum absolute atomic E-state index is 0.0790. The third kappa shape index (κ3) is 5.70. The fourth-order valence-corrected chi connectivity index (χ4v) is 4.92. The average Bonchev–Trinajstić information content (AvgIpc) is 3.43. The summed E-state index contributed by atoms with van der Waals surface area (Å²) in [5.41, 5.74) is 1.48. The van der Waals surface area contributed by atoms with Gasteiger partial charge in [0.15, 0.2) is 5.11 Å². The van der Waals surface area contributed by atoms with Crippen molar-refractivity contribution in [3.63, 3.8) is 0 Å². The topological polar surface area (TPSA) is 78.9 Å². The molecule has 1 aromatic heterocycles. The third-order valence-electron chi connectivity index (χ3n) is 5.37. The van der Waals surface area contributed by atoms with E-state index in [1.54, 1.807) is 71.7 Å². The Morgan fingerprint density at radius 1 is 1.11 bits per heavy atom. The van der Waals surface area contributed by atoms with Gasteiger partial charge in [0.25, 0.3) is 5.91 Å². The lowest BCUT2D eigenvalue weighted by Gasteiger charge is -2.23. The molecule has 1 saturated heterocycles. The fourth-order valence-electron chi connectivity index (χ4n) is 3.70. The Kier molecular flexibility index (Phi) is 7.80. The van der Waals surface area contributed by atoms with Gasteiger partial charge in [-0.05, 0) is 79.1 Å². The Morgan fingerprint density at radius 3 is 2.46 bits per heavy atom. The summed E-state index contributed by atoms with van der Waals surface area (Å²) in [6.07, 6.45) is -0.0790. The van der Waals surface area contributed by atoms with Crippen LogP contribution in [-0.2, 0) is 20.9 Å². The van der Waals surface area contributed by atoms with Gasteiger partial charge in [-0.25, -0.2) is 4.79 Å². The van der Waals surface area contributed by atoms with Crippen molar-refractivity contribution in [3.8, 4) is 0 Å². The molecule has 0 unspecified atom stereocenters. The first kappa shape index (κ1) is 24.8. The van der Waals surface area contributed by atoms with Crippen molar-refractivity contribution < 1.29 is 19.1 Å². The molecule has 10 heteroatoms. The Morgan fingerprint density at radius 2 is 1.83 bits per heavy atom. The van der Waals surface area contributed by atoms with Crippen LogP contribution >= 0.6 is 35.2 Å².